The number of carbonyl (C=O) groups is 2. The lowest BCUT2D eigenvalue weighted by Crippen LogP contribution is -2.40. The Hall–Kier alpha value is -1.68. The molecule has 10 heteroatoms. The fraction of sp³-hybridized carbons (Fsp3) is 0.727. The van der Waals surface area contributed by atoms with E-state index in [0.717, 1.165) is 11.8 Å². The lowest BCUT2D eigenvalue weighted by molar-refractivity contribution is -0.117. The number of thioether (sulfide) groups is 1. The molecule has 0 spiro atoms. The van der Waals surface area contributed by atoms with Crippen molar-refractivity contribution in [1.82, 2.24) is 30.8 Å². The number of aromatic nitrogens is 4. The van der Waals surface area contributed by atoms with Crippen LogP contribution in [0.3, 0.4) is 0 Å². The van der Waals surface area contributed by atoms with Crippen LogP contribution in [0.4, 0.5) is 4.79 Å². The molecule has 0 aliphatic carbocycles. The molecule has 118 valence electrons. The third-order valence-corrected chi connectivity index (χ3v) is 3.24. The van der Waals surface area contributed by atoms with Gasteiger partial charge in [-0.25, -0.2) is 9.48 Å². The summed E-state index contributed by atoms with van der Waals surface area (Å²) in [4.78, 5) is 23.0. The third kappa shape index (κ3) is 7.61. The van der Waals surface area contributed by atoms with E-state index in [1.54, 1.807) is 7.05 Å². The minimum atomic E-state index is -0.513. The Morgan fingerprint density at radius 2 is 2.19 bits per heavy atom. The molecule has 0 atom stereocenters. The number of nitrogens with one attached hydrogen (secondary N) is 2. The summed E-state index contributed by atoms with van der Waals surface area (Å²) in [6.45, 7) is 4.92. The van der Waals surface area contributed by atoms with E-state index in [1.165, 1.54) is 4.68 Å². The van der Waals surface area contributed by atoms with Crippen LogP contribution in [0.25, 0.3) is 0 Å². The van der Waals surface area contributed by atoms with Gasteiger partial charge in [-0.1, -0.05) is 11.8 Å². The van der Waals surface area contributed by atoms with Crippen molar-refractivity contribution in [1.29, 1.82) is 0 Å². The minimum Gasteiger partial charge on any atom is -0.379 e. The summed E-state index contributed by atoms with van der Waals surface area (Å²) in [6, 6.07) is -0.513. The van der Waals surface area contributed by atoms with Gasteiger partial charge in [0.25, 0.3) is 0 Å². The van der Waals surface area contributed by atoms with E-state index < -0.39 is 11.9 Å². The summed E-state index contributed by atoms with van der Waals surface area (Å²) < 4.78 is 6.78. The van der Waals surface area contributed by atoms with Gasteiger partial charge in [0.15, 0.2) is 0 Å². The molecule has 0 aliphatic heterocycles. The summed E-state index contributed by atoms with van der Waals surface area (Å²) >= 11 is 1.15. The van der Waals surface area contributed by atoms with Crippen molar-refractivity contribution in [2.75, 3.05) is 18.9 Å². The molecule has 0 radical (unpaired) electrons. The number of imide groups is 1. The number of amides is 3. The van der Waals surface area contributed by atoms with E-state index in [-0.39, 0.29) is 11.9 Å². The van der Waals surface area contributed by atoms with Crippen molar-refractivity contribution < 1.29 is 14.3 Å². The van der Waals surface area contributed by atoms with Crippen molar-refractivity contribution in [2.45, 2.75) is 31.5 Å². The Morgan fingerprint density at radius 1 is 1.43 bits per heavy atom. The van der Waals surface area contributed by atoms with Gasteiger partial charge in [0.1, 0.15) is 0 Å². The Morgan fingerprint density at radius 3 is 2.81 bits per heavy atom. The second-order valence-electron chi connectivity index (χ2n) is 4.45. The number of ether oxygens (including phenoxy) is 1. The van der Waals surface area contributed by atoms with Crippen molar-refractivity contribution in [3.63, 3.8) is 0 Å². The van der Waals surface area contributed by atoms with Gasteiger partial charge in [0.05, 0.1) is 11.9 Å². The highest BCUT2D eigenvalue weighted by Gasteiger charge is 2.10. The maximum Gasteiger partial charge on any atom is 0.321 e. The summed E-state index contributed by atoms with van der Waals surface area (Å²) in [5.74, 6) is -0.336. The number of carbonyl (C=O) groups excluding carboxylic acids is 2. The molecule has 9 nitrogen and oxygen atoms in total. The molecule has 0 aromatic carbocycles. The maximum atomic E-state index is 11.5. The first kappa shape index (κ1) is 17.4. The topological polar surface area (TPSA) is 111 Å². The molecule has 2 N–H and O–H groups in total. The average Bonchev–Trinajstić information content (AvgIpc) is 2.81. The second-order valence-corrected chi connectivity index (χ2v) is 5.39. The molecule has 1 rings (SSSR count). The zero-order valence-electron chi connectivity index (χ0n) is 12.3. The van der Waals surface area contributed by atoms with Gasteiger partial charge in [-0.05, 0) is 30.7 Å². The van der Waals surface area contributed by atoms with Gasteiger partial charge in [0.2, 0.25) is 11.1 Å². The van der Waals surface area contributed by atoms with Crippen LogP contribution in [-0.2, 0) is 16.6 Å². The molecular formula is C11H20N6O3S. The smallest absolute Gasteiger partial charge is 0.321 e. The normalized spacial score (nSPS) is 10.7. The van der Waals surface area contributed by atoms with E-state index in [2.05, 4.69) is 26.2 Å². The molecule has 0 aliphatic rings. The molecular weight excluding hydrogens is 296 g/mol. The summed E-state index contributed by atoms with van der Waals surface area (Å²) in [5, 5.41) is 16.1. The maximum absolute atomic E-state index is 11.5. The van der Waals surface area contributed by atoms with E-state index in [1.807, 2.05) is 13.8 Å². The molecule has 0 unspecified atom stereocenters. The van der Waals surface area contributed by atoms with E-state index in [9.17, 15) is 9.59 Å². The molecule has 1 heterocycles. The number of urea groups is 1. The number of nitrogens with zero attached hydrogens (tertiary/aromatic N) is 4. The molecule has 0 fully saturated rings. The number of hydrogen-bond acceptors (Lipinski definition) is 7. The van der Waals surface area contributed by atoms with Crippen LogP contribution in [0, 0.1) is 0 Å². The van der Waals surface area contributed by atoms with Crippen molar-refractivity contribution in [3.05, 3.63) is 0 Å². The van der Waals surface area contributed by atoms with Crippen LogP contribution < -0.4 is 10.6 Å². The Labute approximate surface area is 127 Å². The molecule has 0 bridgehead atoms. The largest absolute Gasteiger partial charge is 0.379 e. The van der Waals surface area contributed by atoms with Crippen LogP contribution in [-0.4, -0.2) is 57.2 Å². The fourth-order valence-electron chi connectivity index (χ4n) is 1.27. The fourth-order valence-corrected chi connectivity index (χ4v) is 1.92. The van der Waals surface area contributed by atoms with Gasteiger partial charge in [-0.2, -0.15) is 0 Å². The number of rotatable bonds is 8. The lowest BCUT2D eigenvalue weighted by atomic mass is 10.4. The summed E-state index contributed by atoms with van der Waals surface area (Å²) in [6.07, 6.45) is 0.867. The first-order chi connectivity index (χ1) is 9.99. The Bertz CT molecular complexity index is 465. The molecule has 3 amide bonds. The first-order valence-corrected chi connectivity index (χ1v) is 7.52. The average molecular weight is 316 g/mol. The van der Waals surface area contributed by atoms with Crippen LogP contribution in [0.5, 0.6) is 0 Å². The third-order valence-electron chi connectivity index (χ3n) is 2.22. The molecule has 21 heavy (non-hydrogen) atoms. The summed E-state index contributed by atoms with van der Waals surface area (Å²) in [5.41, 5.74) is 0. The number of hydrogen-bond donors (Lipinski definition) is 2. The monoisotopic (exact) mass is 316 g/mol. The molecule has 1 aromatic heterocycles. The SMILES string of the molecule is CC(C)OCCCNC(=O)NC(=O)CSc1nnnn1C. The highest BCUT2D eigenvalue weighted by Crippen LogP contribution is 2.10. The highest BCUT2D eigenvalue weighted by molar-refractivity contribution is 7.99. The second kappa shape index (κ2) is 9.29. The van der Waals surface area contributed by atoms with Gasteiger partial charge in [-0.3, -0.25) is 10.1 Å². The molecule has 0 saturated heterocycles. The van der Waals surface area contributed by atoms with E-state index in [4.69, 9.17) is 4.74 Å². The van der Waals surface area contributed by atoms with Crippen LogP contribution >= 0.6 is 11.8 Å². The van der Waals surface area contributed by atoms with E-state index in [0.29, 0.717) is 24.7 Å². The number of tetrazole rings is 1. The zero-order valence-corrected chi connectivity index (χ0v) is 13.1. The van der Waals surface area contributed by atoms with Crippen LogP contribution in [0.1, 0.15) is 20.3 Å². The van der Waals surface area contributed by atoms with Gasteiger partial charge in [-0.15, -0.1) is 5.10 Å². The van der Waals surface area contributed by atoms with Crippen LogP contribution in [0.2, 0.25) is 0 Å². The number of aryl methyl sites for hydroxylation is 1. The predicted molar refractivity (Wildman–Crippen MR) is 76.8 cm³/mol. The minimum absolute atomic E-state index is 0.0676. The Kier molecular flexibility index (Phi) is 7.69. The zero-order chi connectivity index (χ0) is 15.7. The van der Waals surface area contributed by atoms with Gasteiger partial charge < -0.3 is 10.1 Å². The molecule has 1 aromatic rings. The molecule has 0 saturated carbocycles. The van der Waals surface area contributed by atoms with Crippen molar-refractivity contribution in [2.24, 2.45) is 7.05 Å². The van der Waals surface area contributed by atoms with Crippen molar-refractivity contribution in [3.8, 4) is 0 Å². The van der Waals surface area contributed by atoms with Gasteiger partial charge in [0, 0.05) is 20.2 Å². The highest BCUT2D eigenvalue weighted by atomic mass is 32.2. The van der Waals surface area contributed by atoms with Crippen LogP contribution in [0.15, 0.2) is 5.16 Å². The lowest BCUT2D eigenvalue weighted by Gasteiger charge is -2.08. The first-order valence-electron chi connectivity index (χ1n) is 6.53. The van der Waals surface area contributed by atoms with Gasteiger partial charge >= 0.3 is 6.03 Å². The Balaban J connectivity index is 2.10. The quantitative estimate of drug-likeness (QED) is 0.510. The summed E-state index contributed by atoms with van der Waals surface area (Å²) in [7, 11) is 1.67. The standard InChI is InChI=1S/C11H20N6O3S/c1-8(2)20-6-4-5-12-10(19)13-9(18)7-21-11-14-15-16-17(11)3/h8H,4-7H2,1-3H3,(H2,12,13,18,19). The van der Waals surface area contributed by atoms with Crippen molar-refractivity contribution >= 4 is 23.7 Å². The van der Waals surface area contributed by atoms with E-state index >= 15 is 0 Å². The predicted octanol–water partition coefficient (Wildman–Crippen LogP) is -0.0569.